The van der Waals surface area contributed by atoms with Crippen LogP contribution in [0.25, 0.3) is 0 Å². The summed E-state index contributed by atoms with van der Waals surface area (Å²) in [6, 6.07) is 8.73. The zero-order valence-corrected chi connectivity index (χ0v) is 12.8. The number of esters is 1. The molecule has 114 valence electrons. The van der Waals surface area contributed by atoms with E-state index in [1.807, 2.05) is 32.0 Å². The second-order valence-corrected chi connectivity index (χ2v) is 5.02. The van der Waals surface area contributed by atoms with Crippen LogP contribution in [0.1, 0.15) is 28.4 Å². The van der Waals surface area contributed by atoms with Crippen molar-refractivity contribution in [2.45, 2.75) is 26.9 Å². The maximum Gasteiger partial charge on any atom is 0.339 e. The summed E-state index contributed by atoms with van der Waals surface area (Å²) in [6.07, 6.45) is 2.11. The lowest BCUT2D eigenvalue weighted by Crippen LogP contribution is -2.30. The number of ether oxygens (including phenoxy) is 1. The SMILES string of the molecule is Cc1cccc(NC(=O)C(C)OC(=O)c2ccncc2)c1C. The van der Waals surface area contributed by atoms with Crippen LogP contribution in [0.4, 0.5) is 5.69 Å². The normalized spacial score (nSPS) is 11.6. The molecular weight excluding hydrogens is 280 g/mol. The largest absolute Gasteiger partial charge is 0.449 e. The number of nitrogens with one attached hydrogen (secondary N) is 1. The average molecular weight is 298 g/mol. The molecule has 0 aliphatic heterocycles. The molecule has 0 aliphatic rings. The predicted octanol–water partition coefficient (Wildman–Crippen LogP) is 2.88. The van der Waals surface area contributed by atoms with Gasteiger partial charge in [-0.15, -0.1) is 0 Å². The van der Waals surface area contributed by atoms with Crippen molar-refractivity contribution in [2.24, 2.45) is 0 Å². The lowest BCUT2D eigenvalue weighted by molar-refractivity contribution is -0.123. The number of aryl methyl sites for hydroxylation is 1. The Balaban J connectivity index is 2.01. The third-order valence-corrected chi connectivity index (χ3v) is 3.43. The minimum absolute atomic E-state index is 0.362. The molecule has 2 rings (SSSR count). The van der Waals surface area contributed by atoms with Gasteiger partial charge in [-0.25, -0.2) is 4.79 Å². The predicted molar refractivity (Wildman–Crippen MR) is 83.7 cm³/mol. The van der Waals surface area contributed by atoms with Gasteiger partial charge in [0.15, 0.2) is 6.10 Å². The van der Waals surface area contributed by atoms with Crippen LogP contribution in [0.2, 0.25) is 0 Å². The molecule has 0 fully saturated rings. The van der Waals surface area contributed by atoms with Gasteiger partial charge in [-0.2, -0.15) is 0 Å². The molecule has 1 aromatic carbocycles. The standard InChI is InChI=1S/C17H18N2O3/c1-11-5-4-6-15(12(11)2)19-16(20)13(3)22-17(21)14-7-9-18-10-8-14/h4-10,13H,1-3H3,(H,19,20). The number of hydrogen-bond acceptors (Lipinski definition) is 4. The Bertz CT molecular complexity index is 684. The maximum atomic E-state index is 12.1. The molecule has 0 aliphatic carbocycles. The van der Waals surface area contributed by atoms with Crippen molar-refractivity contribution >= 4 is 17.6 Å². The van der Waals surface area contributed by atoms with Crippen molar-refractivity contribution in [1.29, 1.82) is 0 Å². The molecule has 0 saturated heterocycles. The molecule has 1 N–H and O–H groups in total. The first-order chi connectivity index (χ1) is 10.5. The van der Waals surface area contributed by atoms with E-state index >= 15 is 0 Å². The first kappa shape index (κ1) is 15.7. The van der Waals surface area contributed by atoms with Gasteiger partial charge < -0.3 is 10.1 Å². The lowest BCUT2D eigenvalue weighted by Gasteiger charge is -2.15. The third kappa shape index (κ3) is 3.69. The highest BCUT2D eigenvalue weighted by atomic mass is 16.5. The van der Waals surface area contributed by atoms with E-state index in [0.717, 1.165) is 16.8 Å². The maximum absolute atomic E-state index is 12.1. The van der Waals surface area contributed by atoms with Gasteiger partial charge in [0.2, 0.25) is 0 Å². The summed E-state index contributed by atoms with van der Waals surface area (Å²) in [4.78, 5) is 27.9. The number of amides is 1. The summed E-state index contributed by atoms with van der Waals surface area (Å²) >= 11 is 0. The summed E-state index contributed by atoms with van der Waals surface area (Å²) in [5.41, 5.74) is 3.15. The highest BCUT2D eigenvalue weighted by molar-refractivity contribution is 5.97. The van der Waals surface area contributed by atoms with Gasteiger partial charge in [-0.05, 0) is 50.1 Å². The fourth-order valence-electron chi connectivity index (χ4n) is 1.89. The Morgan fingerprint density at radius 3 is 2.50 bits per heavy atom. The molecule has 5 heteroatoms. The van der Waals surface area contributed by atoms with E-state index in [-0.39, 0.29) is 5.91 Å². The van der Waals surface area contributed by atoms with Crippen molar-refractivity contribution < 1.29 is 14.3 Å². The fraction of sp³-hybridized carbons (Fsp3) is 0.235. The fourth-order valence-corrected chi connectivity index (χ4v) is 1.89. The quantitative estimate of drug-likeness (QED) is 0.881. The van der Waals surface area contributed by atoms with Crippen LogP contribution in [-0.2, 0) is 9.53 Å². The summed E-state index contributed by atoms with van der Waals surface area (Å²) < 4.78 is 5.16. The molecule has 0 spiro atoms. The Kier molecular flexibility index (Phi) is 4.88. The van der Waals surface area contributed by atoms with Crippen molar-refractivity contribution in [3.05, 3.63) is 59.4 Å². The van der Waals surface area contributed by atoms with E-state index in [1.165, 1.54) is 24.5 Å². The summed E-state index contributed by atoms with van der Waals surface area (Å²) in [7, 11) is 0. The molecule has 0 saturated carbocycles. The van der Waals surface area contributed by atoms with Crippen LogP contribution in [0.3, 0.4) is 0 Å². The molecule has 0 bridgehead atoms. The zero-order chi connectivity index (χ0) is 16.1. The van der Waals surface area contributed by atoms with Crippen LogP contribution in [0.15, 0.2) is 42.7 Å². The van der Waals surface area contributed by atoms with Crippen molar-refractivity contribution in [3.8, 4) is 0 Å². The van der Waals surface area contributed by atoms with Crippen LogP contribution in [0, 0.1) is 13.8 Å². The second kappa shape index (κ2) is 6.85. The van der Waals surface area contributed by atoms with Gasteiger partial charge in [0.05, 0.1) is 5.56 Å². The summed E-state index contributed by atoms with van der Waals surface area (Å²) in [5, 5.41) is 2.78. The minimum atomic E-state index is -0.888. The van der Waals surface area contributed by atoms with E-state index in [1.54, 1.807) is 6.92 Å². The molecule has 5 nitrogen and oxygen atoms in total. The van der Waals surface area contributed by atoms with Crippen LogP contribution >= 0.6 is 0 Å². The smallest absolute Gasteiger partial charge is 0.339 e. The number of hydrogen-bond donors (Lipinski definition) is 1. The van der Waals surface area contributed by atoms with Gasteiger partial charge in [0, 0.05) is 18.1 Å². The Morgan fingerprint density at radius 2 is 1.82 bits per heavy atom. The Morgan fingerprint density at radius 1 is 1.14 bits per heavy atom. The highest BCUT2D eigenvalue weighted by Crippen LogP contribution is 2.18. The molecular formula is C17H18N2O3. The van der Waals surface area contributed by atoms with Gasteiger partial charge in [0.1, 0.15) is 0 Å². The third-order valence-electron chi connectivity index (χ3n) is 3.43. The van der Waals surface area contributed by atoms with Gasteiger partial charge >= 0.3 is 5.97 Å². The van der Waals surface area contributed by atoms with Crippen molar-refractivity contribution in [1.82, 2.24) is 4.98 Å². The van der Waals surface area contributed by atoms with Gasteiger partial charge in [0.25, 0.3) is 5.91 Å². The molecule has 2 aromatic rings. The molecule has 0 radical (unpaired) electrons. The molecule has 1 aromatic heterocycles. The first-order valence-corrected chi connectivity index (χ1v) is 6.97. The van der Waals surface area contributed by atoms with Gasteiger partial charge in [-0.3, -0.25) is 9.78 Å². The number of nitrogens with zero attached hydrogens (tertiary/aromatic N) is 1. The lowest BCUT2D eigenvalue weighted by atomic mass is 10.1. The molecule has 1 amide bonds. The number of aromatic nitrogens is 1. The van der Waals surface area contributed by atoms with E-state index in [4.69, 9.17) is 4.74 Å². The van der Waals surface area contributed by atoms with E-state index < -0.39 is 12.1 Å². The average Bonchev–Trinajstić information content (AvgIpc) is 2.52. The number of carbonyl (C=O) groups is 2. The van der Waals surface area contributed by atoms with E-state index in [0.29, 0.717) is 5.56 Å². The summed E-state index contributed by atoms with van der Waals surface area (Å²) in [5.74, 6) is -0.915. The number of anilines is 1. The Labute approximate surface area is 129 Å². The highest BCUT2D eigenvalue weighted by Gasteiger charge is 2.19. The number of carbonyl (C=O) groups excluding carboxylic acids is 2. The van der Waals surface area contributed by atoms with Crippen molar-refractivity contribution in [2.75, 3.05) is 5.32 Å². The number of benzene rings is 1. The second-order valence-electron chi connectivity index (χ2n) is 5.02. The number of pyridine rings is 1. The molecule has 1 heterocycles. The van der Waals surface area contributed by atoms with Crippen LogP contribution in [-0.4, -0.2) is 23.0 Å². The van der Waals surface area contributed by atoms with E-state index in [2.05, 4.69) is 10.3 Å². The molecule has 1 atom stereocenters. The number of rotatable bonds is 4. The Hall–Kier alpha value is -2.69. The molecule has 22 heavy (non-hydrogen) atoms. The first-order valence-electron chi connectivity index (χ1n) is 6.97. The van der Waals surface area contributed by atoms with Crippen LogP contribution in [0.5, 0.6) is 0 Å². The molecule has 1 unspecified atom stereocenters. The van der Waals surface area contributed by atoms with Crippen molar-refractivity contribution in [3.63, 3.8) is 0 Å². The van der Waals surface area contributed by atoms with E-state index in [9.17, 15) is 9.59 Å². The zero-order valence-electron chi connectivity index (χ0n) is 12.8. The van der Waals surface area contributed by atoms with Gasteiger partial charge in [-0.1, -0.05) is 12.1 Å². The van der Waals surface area contributed by atoms with Crippen LogP contribution < -0.4 is 5.32 Å². The monoisotopic (exact) mass is 298 g/mol. The minimum Gasteiger partial charge on any atom is -0.449 e. The topological polar surface area (TPSA) is 68.3 Å². The summed E-state index contributed by atoms with van der Waals surface area (Å²) in [6.45, 7) is 5.44.